The first-order valence-electron chi connectivity index (χ1n) is 9.94. The van der Waals surface area contributed by atoms with E-state index in [1.165, 1.54) is 4.41 Å². The van der Waals surface area contributed by atoms with E-state index in [2.05, 4.69) is 33.1 Å². The maximum absolute atomic E-state index is 11.9. The summed E-state index contributed by atoms with van der Waals surface area (Å²) in [6.45, 7) is 1.59. The fourth-order valence-corrected chi connectivity index (χ4v) is 4.40. The SMILES string of the molecule is CN(N1Cc2cc(C#N)ccc2N(Cc2cnc[nH]2)C[C@H]1Cc1ccccc1)S(=O)[O-]. The summed E-state index contributed by atoms with van der Waals surface area (Å²) in [7, 11) is 1.56. The van der Waals surface area contributed by atoms with Gasteiger partial charge < -0.3 is 14.4 Å². The van der Waals surface area contributed by atoms with Gasteiger partial charge in [0.1, 0.15) is 0 Å². The highest BCUT2D eigenvalue weighted by molar-refractivity contribution is 7.76. The second-order valence-electron chi connectivity index (χ2n) is 7.54. The van der Waals surface area contributed by atoms with Crippen LogP contribution in [-0.2, 0) is 30.8 Å². The van der Waals surface area contributed by atoms with Crippen LogP contribution in [-0.4, -0.2) is 47.8 Å². The number of rotatable bonds is 6. The molecule has 0 spiro atoms. The smallest absolute Gasteiger partial charge is 0.0991 e. The fourth-order valence-electron chi connectivity index (χ4n) is 4.04. The number of benzene rings is 2. The minimum Gasteiger partial charge on any atom is -0.759 e. The minimum absolute atomic E-state index is 0.105. The second kappa shape index (κ2) is 9.41. The summed E-state index contributed by atoms with van der Waals surface area (Å²) >= 11 is -2.41. The Morgan fingerprint density at radius 3 is 2.81 bits per heavy atom. The highest BCUT2D eigenvalue weighted by atomic mass is 32.2. The summed E-state index contributed by atoms with van der Waals surface area (Å²) in [6.07, 6.45) is 4.12. The number of nitriles is 1. The Kier molecular flexibility index (Phi) is 6.44. The summed E-state index contributed by atoms with van der Waals surface area (Å²) in [5, 5.41) is 11.3. The van der Waals surface area contributed by atoms with Gasteiger partial charge in [0.2, 0.25) is 0 Å². The van der Waals surface area contributed by atoms with Crippen LogP contribution in [0.5, 0.6) is 0 Å². The number of aromatic nitrogens is 2. The molecule has 9 heteroatoms. The zero-order valence-electron chi connectivity index (χ0n) is 17.1. The van der Waals surface area contributed by atoms with Crippen molar-refractivity contribution in [1.82, 2.24) is 19.4 Å². The van der Waals surface area contributed by atoms with Crippen LogP contribution in [0.1, 0.15) is 22.4 Å². The topological polar surface area (TPSA) is 102 Å². The lowest BCUT2D eigenvalue weighted by Gasteiger charge is -2.38. The van der Waals surface area contributed by atoms with E-state index in [-0.39, 0.29) is 6.04 Å². The van der Waals surface area contributed by atoms with E-state index in [1.807, 2.05) is 35.3 Å². The molecular weight excluding hydrogens is 412 g/mol. The van der Waals surface area contributed by atoms with Crippen molar-refractivity contribution in [2.75, 3.05) is 18.5 Å². The van der Waals surface area contributed by atoms with Gasteiger partial charge in [0, 0.05) is 49.3 Å². The third-order valence-electron chi connectivity index (χ3n) is 5.54. The lowest BCUT2D eigenvalue weighted by molar-refractivity contribution is 0.0270. The number of nitrogens with zero attached hydrogens (tertiary/aromatic N) is 5. The monoisotopic (exact) mass is 435 g/mol. The van der Waals surface area contributed by atoms with Crippen molar-refractivity contribution >= 4 is 17.0 Å². The third-order valence-corrected chi connectivity index (χ3v) is 6.18. The maximum Gasteiger partial charge on any atom is 0.0991 e. The normalized spacial score (nSPS) is 17.7. The molecule has 0 saturated carbocycles. The summed E-state index contributed by atoms with van der Waals surface area (Å²) in [4.78, 5) is 9.49. The molecule has 31 heavy (non-hydrogen) atoms. The van der Waals surface area contributed by atoms with Gasteiger partial charge in [0.25, 0.3) is 0 Å². The van der Waals surface area contributed by atoms with Crippen LogP contribution in [0, 0.1) is 11.3 Å². The first kappa shape index (κ1) is 21.2. The van der Waals surface area contributed by atoms with E-state index < -0.39 is 11.3 Å². The lowest BCUT2D eigenvalue weighted by atomic mass is 10.1. The van der Waals surface area contributed by atoms with Crippen LogP contribution in [0.4, 0.5) is 5.69 Å². The van der Waals surface area contributed by atoms with Crippen LogP contribution in [0.3, 0.4) is 0 Å². The molecule has 3 aromatic rings. The number of imidazole rings is 1. The Hall–Kier alpha value is -3.03. The fraction of sp³-hybridized carbons (Fsp3) is 0.273. The van der Waals surface area contributed by atoms with Crippen molar-refractivity contribution in [3.8, 4) is 6.07 Å². The van der Waals surface area contributed by atoms with Gasteiger partial charge >= 0.3 is 0 Å². The van der Waals surface area contributed by atoms with E-state index in [9.17, 15) is 14.0 Å². The molecule has 0 bridgehead atoms. The maximum atomic E-state index is 11.9. The summed E-state index contributed by atoms with van der Waals surface area (Å²) < 4.78 is 25.0. The highest BCUT2D eigenvalue weighted by Crippen LogP contribution is 2.31. The van der Waals surface area contributed by atoms with Gasteiger partial charge in [-0.05, 0) is 35.7 Å². The van der Waals surface area contributed by atoms with Crippen LogP contribution in [0.2, 0.25) is 0 Å². The van der Waals surface area contributed by atoms with E-state index >= 15 is 0 Å². The molecule has 0 amide bonds. The van der Waals surface area contributed by atoms with Crippen LogP contribution >= 0.6 is 0 Å². The molecule has 160 valence electrons. The largest absolute Gasteiger partial charge is 0.759 e. The van der Waals surface area contributed by atoms with Gasteiger partial charge in [-0.1, -0.05) is 30.3 Å². The first-order valence-corrected chi connectivity index (χ1v) is 11.0. The van der Waals surface area contributed by atoms with E-state index in [0.29, 0.717) is 31.6 Å². The van der Waals surface area contributed by atoms with Crippen LogP contribution in [0.15, 0.2) is 61.1 Å². The molecule has 0 radical (unpaired) electrons. The molecule has 4 rings (SSSR count). The average Bonchev–Trinajstić information content (AvgIpc) is 3.24. The van der Waals surface area contributed by atoms with Crippen molar-refractivity contribution in [3.05, 3.63) is 83.4 Å². The van der Waals surface area contributed by atoms with E-state index in [0.717, 1.165) is 22.5 Å². The van der Waals surface area contributed by atoms with E-state index in [4.69, 9.17) is 0 Å². The Morgan fingerprint density at radius 1 is 1.32 bits per heavy atom. The number of anilines is 1. The molecule has 1 aliphatic heterocycles. The number of nitrogens with one attached hydrogen (secondary N) is 1. The minimum atomic E-state index is -2.41. The van der Waals surface area contributed by atoms with Crippen molar-refractivity contribution in [2.24, 2.45) is 0 Å². The molecule has 0 aliphatic carbocycles. The Bertz CT molecular complexity index is 1080. The standard InChI is InChI=1S/C22H24N6O2S/c1-26(31(29)30)28-13-19-9-18(11-23)7-8-22(19)27(14-20-12-24-16-25-20)15-21(28)10-17-5-3-2-4-6-17/h2-9,12,16,21H,10,13-15H2,1H3,(H,24,25)(H,29,30)/p-1/t21-/m1/s1. The van der Waals surface area contributed by atoms with Crippen molar-refractivity contribution < 1.29 is 8.76 Å². The molecule has 0 saturated heterocycles. The quantitative estimate of drug-likeness (QED) is 0.597. The number of H-pyrrole nitrogens is 1. The lowest BCUT2D eigenvalue weighted by Crippen LogP contribution is -2.50. The predicted molar refractivity (Wildman–Crippen MR) is 117 cm³/mol. The molecule has 1 unspecified atom stereocenters. The molecule has 1 aromatic heterocycles. The molecule has 1 N–H and O–H groups in total. The summed E-state index contributed by atoms with van der Waals surface area (Å²) in [5.74, 6) is 0. The van der Waals surface area contributed by atoms with Gasteiger partial charge in [0.05, 0.1) is 30.2 Å². The van der Waals surface area contributed by atoms with Crippen LogP contribution in [0.25, 0.3) is 0 Å². The van der Waals surface area contributed by atoms with Gasteiger partial charge in [-0.3, -0.25) is 4.21 Å². The van der Waals surface area contributed by atoms with E-state index in [1.54, 1.807) is 25.6 Å². The number of fused-ring (bicyclic) bond motifs is 1. The number of aromatic amines is 1. The predicted octanol–water partition coefficient (Wildman–Crippen LogP) is 2.36. The molecule has 2 heterocycles. The van der Waals surface area contributed by atoms with Gasteiger partial charge in [-0.15, -0.1) is 0 Å². The Morgan fingerprint density at radius 2 is 2.13 bits per heavy atom. The second-order valence-corrected chi connectivity index (χ2v) is 8.50. The van der Waals surface area contributed by atoms with Crippen molar-refractivity contribution in [2.45, 2.75) is 25.6 Å². The number of hydrazine groups is 1. The molecule has 8 nitrogen and oxygen atoms in total. The summed E-state index contributed by atoms with van der Waals surface area (Å²) in [5.41, 5.74) is 4.54. The number of hydrogen-bond donors (Lipinski definition) is 1. The molecule has 2 aromatic carbocycles. The van der Waals surface area contributed by atoms with Crippen LogP contribution < -0.4 is 4.90 Å². The average molecular weight is 436 g/mol. The Balaban J connectivity index is 1.76. The third kappa shape index (κ3) is 4.84. The number of hydrogen-bond acceptors (Lipinski definition) is 6. The first-order chi connectivity index (χ1) is 15.0. The molecule has 2 atom stereocenters. The van der Waals surface area contributed by atoms with Crippen molar-refractivity contribution in [1.29, 1.82) is 5.26 Å². The molecular formula is C22H23N6O2S-. The summed E-state index contributed by atoms with van der Waals surface area (Å²) in [6, 6.07) is 17.7. The molecule has 0 fully saturated rings. The zero-order valence-corrected chi connectivity index (χ0v) is 18.0. The van der Waals surface area contributed by atoms with Gasteiger partial charge in [-0.2, -0.15) is 9.68 Å². The molecule has 1 aliphatic rings. The highest BCUT2D eigenvalue weighted by Gasteiger charge is 2.31. The zero-order chi connectivity index (χ0) is 21.8. The van der Waals surface area contributed by atoms with Gasteiger partial charge in [0.15, 0.2) is 0 Å². The van der Waals surface area contributed by atoms with Crippen molar-refractivity contribution in [3.63, 3.8) is 0 Å². The Labute approximate surface area is 184 Å². The van der Waals surface area contributed by atoms with Gasteiger partial charge in [-0.25, -0.2) is 9.99 Å².